The van der Waals surface area contributed by atoms with Gasteiger partial charge in [0.25, 0.3) is 0 Å². The van der Waals surface area contributed by atoms with E-state index in [1.165, 1.54) is 0 Å². The lowest BCUT2D eigenvalue weighted by Gasteiger charge is -2.29. The van der Waals surface area contributed by atoms with Crippen LogP contribution in [0.5, 0.6) is 0 Å². The van der Waals surface area contributed by atoms with Gasteiger partial charge in [0.2, 0.25) is 5.91 Å². The predicted octanol–water partition coefficient (Wildman–Crippen LogP) is 2.15. The predicted molar refractivity (Wildman–Crippen MR) is 51.9 cm³/mol. The summed E-state index contributed by atoms with van der Waals surface area (Å²) in [5, 5.41) is 0. The molecule has 0 bridgehead atoms. The van der Waals surface area contributed by atoms with Crippen LogP contribution in [-0.2, 0) is 4.79 Å². The monoisotopic (exact) mass is 171 g/mol. The second-order valence-electron chi connectivity index (χ2n) is 4.09. The molecule has 1 atom stereocenters. The summed E-state index contributed by atoms with van der Waals surface area (Å²) >= 11 is 0. The van der Waals surface area contributed by atoms with E-state index in [0.29, 0.717) is 12.0 Å². The average molecular weight is 171 g/mol. The fourth-order valence-corrected chi connectivity index (χ4v) is 1.06. The molecule has 0 aliphatic rings. The molecule has 0 rings (SSSR count). The largest absolute Gasteiger partial charge is 0.343 e. The van der Waals surface area contributed by atoms with Crippen LogP contribution in [0.3, 0.4) is 0 Å². The minimum atomic E-state index is 0.108. The summed E-state index contributed by atoms with van der Waals surface area (Å²) in [4.78, 5) is 13.4. The highest BCUT2D eigenvalue weighted by Crippen LogP contribution is 2.10. The number of nitrogens with zero attached hydrogens (tertiary/aromatic N) is 1. The Kier molecular flexibility index (Phi) is 4.29. The van der Waals surface area contributed by atoms with Crippen molar-refractivity contribution >= 4 is 5.91 Å². The third kappa shape index (κ3) is 2.84. The molecule has 0 aliphatic carbocycles. The molecular weight excluding hydrogens is 150 g/mol. The zero-order chi connectivity index (χ0) is 9.89. The molecule has 0 radical (unpaired) electrons. The van der Waals surface area contributed by atoms with Crippen LogP contribution in [-0.4, -0.2) is 23.9 Å². The first-order valence-electron chi connectivity index (χ1n) is 4.64. The van der Waals surface area contributed by atoms with Gasteiger partial charge in [0, 0.05) is 19.0 Å². The first-order valence-corrected chi connectivity index (χ1v) is 4.64. The summed E-state index contributed by atoms with van der Waals surface area (Å²) in [6.07, 6.45) is 0. The molecule has 0 aromatic rings. The van der Waals surface area contributed by atoms with Crippen molar-refractivity contribution in [3.8, 4) is 0 Å². The van der Waals surface area contributed by atoms with Gasteiger partial charge in [-0.25, -0.2) is 0 Å². The number of carbonyl (C=O) groups excluding carboxylic acids is 1. The van der Waals surface area contributed by atoms with Gasteiger partial charge in [0.05, 0.1) is 0 Å². The zero-order valence-corrected chi connectivity index (χ0v) is 9.09. The standard InChI is InChI=1S/C10H21NO/c1-7(2)9(5)11(6)10(12)8(3)4/h7-9H,1-6H3. The summed E-state index contributed by atoms with van der Waals surface area (Å²) < 4.78 is 0. The van der Waals surface area contributed by atoms with Crippen molar-refractivity contribution in [1.29, 1.82) is 0 Å². The second kappa shape index (κ2) is 4.48. The maximum absolute atomic E-state index is 11.5. The molecule has 1 amide bonds. The SMILES string of the molecule is CC(C)C(=O)N(C)C(C)C(C)C. The van der Waals surface area contributed by atoms with E-state index in [1.807, 2.05) is 25.8 Å². The Morgan fingerprint density at radius 1 is 1.08 bits per heavy atom. The zero-order valence-electron chi connectivity index (χ0n) is 9.09. The third-order valence-corrected chi connectivity index (χ3v) is 2.42. The van der Waals surface area contributed by atoms with Crippen molar-refractivity contribution < 1.29 is 4.79 Å². The molecule has 2 nitrogen and oxygen atoms in total. The van der Waals surface area contributed by atoms with Crippen molar-refractivity contribution in [3.63, 3.8) is 0 Å². The Hall–Kier alpha value is -0.530. The van der Waals surface area contributed by atoms with Crippen molar-refractivity contribution in [2.24, 2.45) is 11.8 Å². The molecule has 0 aromatic carbocycles. The highest BCUT2D eigenvalue weighted by atomic mass is 16.2. The van der Waals surface area contributed by atoms with Crippen LogP contribution in [0.4, 0.5) is 0 Å². The van der Waals surface area contributed by atoms with Crippen molar-refractivity contribution in [3.05, 3.63) is 0 Å². The lowest BCUT2D eigenvalue weighted by atomic mass is 10.0. The van der Waals surface area contributed by atoms with E-state index in [0.717, 1.165) is 0 Å². The van der Waals surface area contributed by atoms with E-state index in [1.54, 1.807) is 0 Å². The Morgan fingerprint density at radius 3 is 1.75 bits per heavy atom. The van der Waals surface area contributed by atoms with Crippen LogP contribution in [0.2, 0.25) is 0 Å². The maximum Gasteiger partial charge on any atom is 0.225 e. The summed E-state index contributed by atoms with van der Waals surface area (Å²) in [7, 11) is 1.88. The van der Waals surface area contributed by atoms with Gasteiger partial charge in [0.15, 0.2) is 0 Å². The van der Waals surface area contributed by atoms with Crippen LogP contribution in [0.1, 0.15) is 34.6 Å². The molecule has 0 saturated heterocycles. The van der Waals surface area contributed by atoms with E-state index in [2.05, 4.69) is 20.8 Å². The molecule has 0 heterocycles. The molecule has 0 fully saturated rings. The van der Waals surface area contributed by atoms with E-state index >= 15 is 0 Å². The summed E-state index contributed by atoms with van der Waals surface area (Å²) in [5.41, 5.74) is 0. The van der Waals surface area contributed by atoms with E-state index in [9.17, 15) is 4.79 Å². The van der Waals surface area contributed by atoms with Crippen molar-refractivity contribution in [1.82, 2.24) is 4.90 Å². The lowest BCUT2D eigenvalue weighted by molar-refractivity contribution is -0.135. The molecule has 0 spiro atoms. The molecule has 0 N–H and O–H groups in total. The van der Waals surface area contributed by atoms with E-state index < -0.39 is 0 Å². The summed E-state index contributed by atoms with van der Waals surface area (Å²) in [6, 6.07) is 0.333. The Bertz CT molecular complexity index is 152. The lowest BCUT2D eigenvalue weighted by Crippen LogP contribution is -2.40. The minimum absolute atomic E-state index is 0.108. The maximum atomic E-state index is 11.5. The molecular formula is C10H21NO. The fourth-order valence-electron chi connectivity index (χ4n) is 1.06. The normalized spacial score (nSPS) is 13.7. The van der Waals surface area contributed by atoms with Gasteiger partial charge in [-0.05, 0) is 12.8 Å². The van der Waals surface area contributed by atoms with Gasteiger partial charge in [-0.15, -0.1) is 0 Å². The fraction of sp³-hybridized carbons (Fsp3) is 0.900. The van der Waals surface area contributed by atoms with Gasteiger partial charge in [0.1, 0.15) is 0 Å². The van der Waals surface area contributed by atoms with Gasteiger partial charge in [-0.2, -0.15) is 0 Å². The number of rotatable bonds is 3. The van der Waals surface area contributed by atoms with Crippen molar-refractivity contribution in [2.75, 3.05) is 7.05 Å². The molecule has 1 unspecified atom stereocenters. The average Bonchev–Trinajstić information content (AvgIpc) is 2.00. The Balaban J connectivity index is 4.19. The molecule has 12 heavy (non-hydrogen) atoms. The van der Waals surface area contributed by atoms with Crippen LogP contribution in [0.25, 0.3) is 0 Å². The number of hydrogen-bond acceptors (Lipinski definition) is 1. The van der Waals surface area contributed by atoms with Gasteiger partial charge < -0.3 is 4.90 Å². The minimum Gasteiger partial charge on any atom is -0.343 e. The highest BCUT2D eigenvalue weighted by molar-refractivity contribution is 5.78. The highest BCUT2D eigenvalue weighted by Gasteiger charge is 2.20. The van der Waals surface area contributed by atoms with E-state index in [4.69, 9.17) is 0 Å². The van der Waals surface area contributed by atoms with Gasteiger partial charge in [-0.1, -0.05) is 27.7 Å². The summed E-state index contributed by atoms with van der Waals surface area (Å²) in [6.45, 7) is 10.2. The third-order valence-electron chi connectivity index (χ3n) is 2.42. The first kappa shape index (κ1) is 11.5. The molecule has 2 heteroatoms. The van der Waals surface area contributed by atoms with Crippen LogP contribution < -0.4 is 0 Å². The first-order chi connectivity index (χ1) is 5.37. The Labute approximate surface area is 75.9 Å². The molecule has 72 valence electrons. The number of hydrogen-bond donors (Lipinski definition) is 0. The molecule has 0 saturated carbocycles. The van der Waals surface area contributed by atoms with Gasteiger partial charge in [-0.3, -0.25) is 4.79 Å². The second-order valence-corrected chi connectivity index (χ2v) is 4.09. The summed E-state index contributed by atoms with van der Waals surface area (Å²) in [5.74, 6) is 0.866. The van der Waals surface area contributed by atoms with Gasteiger partial charge >= 0.3 is 0 Å². The van der Waals surface area contributed by atoms with Crippen LogP contribution in [0, 0.1) is 11.8 Å². The topological polar surface area (TPSA) is 20.3 Å². The quantitative estimate of drug-likeness (QED) is 0.637. The molecule has 0 aliphatic heterocycles. The van der Waals surface area contributed by atoms with Crippen molar-refractivity contribution in [2.45, 2.75) is 40.7 Å². The number of carbonyl (C=O) groups is 1. The molecule has 0 aromatic heterocycles. The van der Waals surface area contributed by atoms with Crippen LogP contribution in [0.15, 0.2) is 0 Å². The smallest absolute Gasteiger partial charge is 0.225 e. The Morgan fingerprint density at radius 2 is 1.50 bits per heavy atom. The number of amides is 1. The van der Waals surface area contributed by atoms with Crippen LogP contribution >= 0.6 is 0 Å². The van der Waals surface area contributed by atoms with E-state index in [-0.39, 0.29) is 11.8 Å².